The molecule has 1 nitrogen and oxygen atoms in total. The van der Waals surface area contributed by atoms with Crippen LogP contribution in [-0.4, -0.2) is 0 Å². The van der Waals surface area contributed by atoms with E-state index < -0.39 is 0 Å². The summed E-state index contributed by atoms with van der Waals surface area (Å²) in [4.78, 5) is 2.51. The van der Waals surface area contributed by atoms with Crippen LogP contribution in [0.1, 0.15) is 72.9 Å². The van der Waals surface area contributed by atoms with Crippen molar-refractivity contribution in [2.24, 2.45) is 0 Å². The van der Waals surface area contributed by atoms with Crippen molar-refractivity contribution >= 4 is 17.1 Å². The molecule has 4 aliphatic carbocycles. The largest absolute Gasteiger partial charge is 0.310 e. The fourth-order valence-electron chi connectivity index (χ4n) is 13.6. The average molecular weight is 896 g/mol. The Balaban J connectivity index is 0.939. The van der Waals surface area contributed by atoms with Crippen LogP contribution in [0.2, 0.25) is 0 Å². The van der Waals surface area contributed by atoms with Gasteiger partial charge < -0.3 is 4.90 Å². The number of rotatable bonds is 6. The second-order valence-corrected chi connectivity index (χ2v) is 20.8. The second kappa shape index (κ2) is 15.5. The SMILES string of the molecule is CC1(C)c2ccccc2-c2ccc(N(c3ccccc3)c3ccc4c(c3)C3(CCC5(CC3)c3cc(-c6ccccc6)ccc3-c3ccc(-c6ccccc6)cc35)c3cc(-c5ccccc5)ccc3-4)cc21. The molecule has 10 aromatic carbocycles. The van der Waals surface area contributed by atoms with Gasteiger partial charge in [-0.1, -0.05) is 196 Å². The normalized spacial score (nSPS) is 15.7. The molecule has 4 aliphatic rings. The van der Waals surface area contributed by atoms with Gasteiger partial charge >= 0.3 is 0 Å². The van der Waals surface area contributed by atoms with E-state index in [1.807, 2.05) is 0 Å². The van der Waals surface area contributed by atoms with Crippen LogP contribution < -0.4 is 4.90 Å². The lowest BCUT2D eigenvalue weighted by molar-refractivity contribution is 0.265. The molecule has 2 spiro atoms. The number of anilines is 3. The Morgan fingerprint density at radius 3 is 1.03 bits per heavy atom. The first-order valence-electron chi connectivity index (χ1n) is 25.2. The molecule has 334 valence electrons. The summed E-state index contributed by atoms with van der Waals surface area (Å²) in [5, 5.41) is 0. The first-order valence-corrected chi connectivity index (χ1v) is 25.2. The zero-order chi connectivity index (χ0) is 46.6. The van der Waals surface area contributed by atoms with Crippen molar-refractivity contribution in [3.8, 4) is 66.8 Å². The minimum Gasteiger partial charge on any atom is -0.310 e. The third-order valence-electron chi connectivity index (χ3n) is 17.1. The standard InChI is InChI=1S/C69H53N/c1-67(2)61-26-16-15-25-55(61)56-35-30-53(44-62(56)67)70(52-23-13-6-14-24-52)54-31-36-60-59-34-29-51(48-21-11-5-12-22-48)43-65(59)69(66(60)45-54)39-37-68(38-40-69)63-41-49(46-17-7-3-8-18-46)27-32-57(63)58-33-28-50(42-64(58)68)47-19-9-4-10-20-47/h3-36,41-45H,37-40H2,1-2H3. The van der Waals surface area contributed by atoms with Gasteiger partial charge in [-0.25, -0.2) is 0 Å². The van der Waals surface area contributed by atoms with Crippen LogP contribution in [0.25, 0.3) is 66.8 Å². The lowest BCUT2D eigenvalue weighted by atomic mass is 9.57. The van der Waals surface area contributed by atoms with E-state index in [1.165, 1.54) is 112 Å². The van der Waals surface area contributed by atoms with Crippen LogP contribution >= 0.6 is 0 Å². The molecule has 1 heteroatoms. The molecular formula is C69H53N. The molecule has 0 amide bonds. The summed E-state index contributed by atoms with van der Waals surface area (Å²) in [6.45, 7) is 4.77. The number of nitrogens with zero attached hydrogens (tertiary/aromatic N) is 1. The van der Waals surface area contributed by atoms with E-state index in [4.69, 9.17) is 0 Å². The van der Waals surface area contributed by atoms with Gasteiger partial charge in [0.2, 0.25) is 0 Å². The van der Waals surface area contributed by atoms with Crippen molar-refractivity contribution in [2.45, 2.75) is 55.8 Å². The molecule has 1 saturated carbocycles. The van der Waals surface area contributed by atoms with Crippen LogP contribution in [-0.2, 0) is 16.2 Å². The Morgan fingerprint density at radius 1 is 0.257 bits per heavy atom. The number of fused-ring (bicyclic) bond motifs is 13. The third kappa shape index (κ3) is 6.04. The Kier molecular flexibility index (Phi) is 9.09. The molecule has 0 N–H and O–H groups in total. The van der Waals surface area contributed by atoms with Crippen molar-refractivity contribution in [3.63, 3.8) is 0 Å². The number of hydrogen-bond acceptors (Lipinski definition) is 1. The van der Waals surface area contributed by atoms with Crippen LogP contribution in [0.3, 0.4) is 0 Å². The summed E-state index contributed by atoms with van der Waals surface area (Å²) >= 11 is 0. The molecule has 10 aromatic rings. The first-order chi connectivity index (χ1) is 34.4. The molecule has 0 aromatic heterocycles. The highest BCUT2D eigenvalue weighted by Crippen LogP contribution is 2.65. The predicted molar refractivity (Wildman–Crippen MR) is 292 cm³/mol. The molecule has 1 fully saturated rings. The molecule has 0 heterocycles. The van der Waals surface area contributed by atoms with Gasteiger partial charge in [0.25, 0.3) is 0 Å². The second-order valence-electron chi connectivity index (χ2n) is 20.8. The van der Waals surface area contributed by atoms with Gasteiger partial charge in [0.1, 0.15) is 0 Å². The molecule has 0 unspecified atom stereocenters. The fraction of sp³-hybridized carbons (Fsp3) is 0.130. The maximum absolute atomic E-state index is 2.59. The molecule has 0 saturated heterocycles. The van der Waals surface area contributed by atoms with E-state index in [1.54, 1.807) is 0 Å². The maximum Gasteiger partial charge on any atom is 0.0465 e. The third-order valence-corrected chi connectivity index (χ3v) is 17.1. The summed E-state index contributed by atoms with van der Waals surface area (Å²) < 4.78 is 0. The van der Waals surface area contributed by atoms with Crippen LogP contribution in [0.15, 0.2) is 237 Å². The van der Waals surface area contributed by atoms with E-state index in [0.29, 0.717) is 0 Å². The topological polar surface area (TPSA) is 3.24 Å². The van der Waals surface area contributed by atoms with Gasteiger partial charge in [-0.05, 0) is 180 Å². The lowest BCUT2D eigenvalue weighted by Gasteiger charge is -2.46. The van der Waals surface area contributed by atoms with Gasteiger partial charge in [-0.2, -0.15) is 0 Å². The van der Waals surface area contributed by atoms with E-state index in [-0.39, 0.29) is 16.2 Å². The van der Waals surface area contributed by atoms with E-state index in [0.717, 1.165) is 31.4 Å². The Morgan fingerprint density at radius 2 is 0.586 bits per heavy atom. The average Bonchev–Trinajstić information content (AvgIpc) is 3.94. The maximum atomic E-state index is 2.59. The zero-order valence-electron chi connectivity index (χ0n) is 39.8. The smallest absolute Gasteiger partial charge is 0.0465 e. The highest BCUT2D eigenvalue weighted by molar-refractivity contribution is 5.91. The van der Waals surface area contributed by atoms with Crippen molar-refractivity contribution in [1.82, 2.24) is 0 Å². The lowest BCUT2D eigenvalue weighted by Crippen LogP contribution is -2.39. The quantitative estimate of drug-likeness (QED) is 0.161. The van der Waals surface area contributed by atoms with Crippen LogP contribution in [0, 0.1) is 0 Å². The van der Waals surface area contributed by atoms with Crippen molar-refractivity contribution < 1.29 is 0 Å². The first kappa shape index (κ1) is 41.0. The van der Waals surface area contributed by atoms with E-state index in [2.05, 4.69) is 255 Å². The molecule has 70 heavy (non-hydrogen) atoms. The summed E-state index contributed by atoms with van der Waals surface area (Å²) in [6.07, 6.45) is 4.17. The fourth-order valence-corrected chi connectivity index (χ4v) is 13.6. The number of hydrogen-bond donors (Lipinski definition) is 0. The molecule has 0 bridgehead atoms. The van der Waals surface area contributed by atoms with E-state index >= 15 is 0 Å². The Hall–Kier alpha value is -8.00. The molecule has 0 aliphatic heterocycles. The van der Waals surface area contributed by atoms with Gasteiger partial charge in [-0.15, -0.1) is 0 Å². The van der Waals surface area contributed by atoms with Crippen molar-refractivity contribution in [1.29, 1.82) is 0 Å². The minimum atomic E-state index is -0.183. The molecule has 0 atom stereocenters. The number of benzene rings is 10. The van der Waals surface area contributed by atoms with Gasteiger partial charge in [-0.3, -0.25) is 0 Å². The van der Waals surface area contributed by atoms with E-state index in [9.17, 15) is 0 Å². The van der Waals surface area contributed by atoms with Gasteiger partial charge in [0, 0.05) is 33.3 Å². The Bertz CT molecular complexity index is 3580. The zero-order valence-corrected chi connectivity index (χ0v) is 39.8. The van der Waals surface area contributed by atoms with Gasteiger partial charge in [0.05, 0.1) is 0 Å². The van der Waals surface area contributed by atoms with Crippen molar-refractivity contribution in [3.05, 3.63) is 270 Å². The van der Waals surface area contributed by atoms with Crippen LogP contribution in [0.4, 0.5) is 17.1 Å². The predicted octanol–water partition coefficient (Wildman–Crippen LogP) is 18.3. The Labute approximate surface area is 412 Å². The molecular weight excluding hydrogens is 843 g/mol. The highest BCUT2D eigenvalue weighted by Gasteiger charge is 2.53. The van der Waals surface area contributed by atoms with Gasteiger partial charge in [0.15, 0.2) is 0 Å². The summed E-state index contributed by atoms with van der Waals surface area (Å²) in [6, 6.07) is 89.6. The summed E-state index contributed by atoms with van der Waals surface area (Å²) in [7, 11) is 0. The minimum absolute atomic E-state index is 0.107. The van der Waals surface area contributed by atoms with Crippen molar-refractivity contribution in [2.75, 3.05) is 4.90 Å². The summed E-state index contributed by atoms with van der Waals surface area (Å²) in [5.74, 6) is 0. The molecule has 0 radical (unpaired) electrons. The highest BCUT2D eigenvalue weighted by atomic mass is 15.1. The number of para-hydroxylation sites is 1. The monoisotopic (exact) mass is 895 g/mol. The van der Waals surface area contributed by atoms with Crippen LogP contribution in [0.5, 0.6) is 0 Å². The summed E-state index contributed by atoms with van der Waals surface area (Å²) in [5.41, 5.74) is 27.8. The molecule has 14 rings (SSSR count).